The van der Waals surface area contributed by atoms with Crippen LogP contribution in [0.4, 0.5) is 4.79 Å². The molecule has 0 aromatic heterocycles. The fraction of sp³-hybridized carbons (Fsp3) is 0.407. The molecule has 2 unspecified atom stereocenters. The maximum Gasteiger partial charge on any atom is 1.00 e. The summed E-state index contributed by atoms with van der Waals surface area (Å²) in [6, 6.07) is 5.27. The van der Waals surface area contributed by atoms with Gasteiger partial charge < -0.3 is 34.9 Å². The van der Waals surface area contributed by atoms with E-state index in [9.17, 15) is 43.5 Å². The summed E-state index contributed by atoms with van der Waals surface area (Å²) in [5.41, 5.74) is -0.549. The predicted octanol–water partition coefficient (Wildman–Crippen LogP) is -5.15. The zero-order valence-corrected chi connectivity index (χ0v) is 27.4. The number of benzene rings is 1. The summed E-state index contributed by atoms with van der Waals surface area (Å²) in [4.78, 5) is 102. The number of nitrogens with zero attached hydrogens (tertiary/aromatic N) is 3. The number of β-lactam (4-membered cyclic amide) rings is 1. The second kappa shape index (κ2) is 15.4. The van der Waals surface area contributed by atoms with E-state index >= 15 is 0 Å². The Morgan fingerprint density at radius 1 is 1.09 bits per heavy atom. The fourth-order valence-corrected chi connectivity index (χ4v) is 6.38. The summed E-state index contributed by atoms with van der Waals surface area (Å²) in [6.07, 6.45) is -1.71. The van der Waals surface area contributed by atoms with E-state index in [0.29, 0.717) is 4.90 Å². The number of hydrogen-bond donors (Lipinski definition) is 2. The quantitative estimate of drug-likeness (QED) is 0.0573. The largest absolute Gasteiger partial charge is 1.00 e. The minimum absolute atomic E-state index is 0. The van der Waals surface area contributed by atoms with Crippen LogP contribution in [0.1, 0.15) is 25.5 Å². The zero-order valence-electron chi connectivity index (χ0n) is 24.5. The molecule has 2 saturated heterocycles. The maximum atomic E-state index is 13.7. The summed E-state index contributed by atoms with van der Waals surface area (Å²) in [6.45, 7) is 2.85. The molecular weight excluding hydrogens is 625 g/mol. The summed E-state index contributed by atoms with van der Waals surface area (Å²) < 4.78 is 9.94. The number of aliphatic carboxylic acids is 1. The van der Waals surface area contributed by atoms with Crippen molar-refractivity contribution in [2.45, 2.75) is 31.5 Å². The van der Waals surface area contributed by atoms with Gasteiger partial charge >= 0.3 is 53.4 Å². The molecule has 0 radical (unpaired) electrons. The van der Waals surface area contributed by atoms with Crippen molar-refractivity contribution in [2.24, 2.45) is 5.92 Å². The molecule has 1 aromatic carbocycles. The van der Waals surface area contributed by atoms with E-state index in [1.54, 1.807) is 25.1 Å². The van der Waals surface area contributed by atoms with Crippen LogP contribution < -0.4 is 45.3 Å². The number of fused-ring (bicyclic) bond motifs is 1. The Balaban J connectivity index is 0.00000552. The zero-order chi connectivity index (χ0) is 32.1. The molecule has 3 aliphatic rings. The van der Waals surface area contributed by atoms with Crippen molar-refractivity contribution in [3.63, 3.8) is 0 Å². The van der Waals surface area contributed by atoms with Gasteiger partial charge in [0.1, 0.15) is 18.6 Å². The van der Waals surface area contributed by atoms with Gasteiger partial charge in [0.15, 0.2) is 0 Å². The van der Waals surface area contributed by atoms with Crippen molar-refractivity contribution < 1.29 is 82.5 Å². The van der Waals surface area contributed by atoms with E-state index in [1.165, 1.54) is 17.0 Å². The molecule has 18 heteroatoms. The number of esters is 1. The third-order valence-electron chi connectivity index (χ3n) is 7.12. The van der Waals surface area contributed by atoms with E-state index in [1.807, 2.05) is 0 Å². The minimum Gasteiger partial charge on any atom is -0.543 e. The Morgan fingerprint density at radius 3 is 2.38 bits per heavy atom. The van der Waals surface area contributed by atoms with Gasteiger partial charge in [0.25, 0.3) is 6.47 Å². The Labute approximate surface area is 283 Å². The molecule has 16 nitrogen and oxygen atoms in total. The number of thioether (sulfide) groups is 1. The SMILES string of the molecule is CCN1CCN(C(=O)NC(C(=O)NC(OC(C)=O)C2=C(C(=O)[O-])N3C(=O)[C@@H](COC=O)[C@H]3SC2)c2ccccc2)C(=O)C1=O.[Na+]. The number of ether oxygens (including phenoxy) is 2. The molecule has 0 aliphatic carbocycles. The first-order valence-electron chi connectivity index (χ1n) is 13.4. The number of carboxylic acids is 1. The summed E-state index contributed by atoms with van der Waals surface area (Å²) in [7, 11) is 0. The van der Waals surface area contributed by atoms with E-state index < -0.39 is 70.9 Å². The van der Waals surface area contributed by atoms with Crippen LogP contribution in [0.5, 0.6) is 0 Å². The normalized spacial score (nSPS) is 20.6. The topological polar surface area (TPSA) is 212 Å². The average Bonchev–Trinajstić information content (AvgIpc) is 3.00. The molecule has 45 heavy (non-hydrogen) atoms. The van der Waals surface area contributed by atoms with Gasteiger partial charge in [-0.15, -0.1) is 11.8 Å². The van der Waals surface area contributed by atoms with Crippen molar-refractivity contribution >= 4 is 59.8 Å². The van der Waals surface area contributed by atoms with E-state index in [0.717, 1.165) is 23.6 Å². The van der Waals surface area contributed by atoms with Crippen LogP contribution in [0.3, 0.4) is 0 Å². The first kappa shape index (κ1) is 35.5. The minimum atomic E-state index is -1.78. The molecule has 6 amide bonds. The van der Waals surface area contributed by atoms with Gasteiger partial charge in [-0.05, 0) is 12.5 Å². The Hall–Kier alpha value is -3.93. The van der Waals surface area contributed by atoms with Crippen molar-refractivity contribution in [1.29, 1.82) is 0 Å². The Bertz CT molecular complexity index is 1420. The van der Waals surface area contributed by atoms with Crippen LogP contribution in [-0.2, 0) is 43.0 Å². The van der Waals surface area contributed by atoms with Gasteiger partial charge in [0.2, 0.25) is 18.0 Å². The average molecular weight is 654 g/mol. The summed E-state index contributed by atoms with van der Waals surface area (Å²) >= 11 is 1.09. The van der Waals surface area contributed by atoms with E-state index in [2.05, 4.69) is 15.4 Å². The smallest absolute Gasteiger partial charge is 0.543 e. The van der Waals surface area contributed by atoms with Crippen molar-refractivity contribution in [1.82, 2.24) is 25.3 Å². The molecule has 4 rings (SSSR count). The molecule has 2 N–H and O–H groups in total. The third kappa shape index (κ3) is 7.49. The summed E-state index contributed by atoms with van der Waals surface area (Å²) in [5.74, 6) is -7.21. The van der Waals surface area contributed by atoms with Crippen LogP contribution in [-0.4, -0.2) is 106 Å². The van der Waals surface area contributed by atoms with Gasteiger partial charge in [-0.1, -0.05) is 30.3 Å². The molecule has 3 heterocycles. The number of carbonyl (C=O) groups excluding carboxylic acids is 8. The Morgan fingerprint density at radius 2 is 1.78 bits per heavy atom. The number of piperazine rings is 1. The molecule has 0 saturated carbocycles. The van der Waals surface area contributed by atoms with Gasteiger partial charge in [-0.2, -0.15) is 0 Å². The number of hydrogen-bond acceptors (Lipinski definition) is 12. The molecule has 1 aromatic rings. The van der Waals surface area contributed by atoms with Crippen molar-refractivity contribution in [3.8, 4) is 0 Å². The van der Waals surface area contributed by atoms with Crippen LogP contribution in [0.25, 0.3) is 0 Å². The number of amides is 6. The van der Waals surface area contributed by atoms with Gasteiger partial charge in [-0.25, -0.2) is 4.79 Å². The molecular formula is C27H28N5NaO11S. The number of rotatable bonds is 11. The fourth-order valence-electron chi connectivity index (χ4n) is 4.96. The van der Waals surface area contributed by atoms with Crippen LogP contribution in [0.2, 0.25) is 0 Å². The first-order chi connectivity index (χ1) is 21.0. The molecule has 234 valence electrons. The van der Waals surface area contributed by atoms with Gasteiger partial charge in [-0.3, -0.25) is 38.6 Å². The first-order valence-corrected chi connectivity index (χ1v) is 14.4. The second-order valence-corrected chi connectivity index (χ2v) is 10.8. The third-order valence-corrected chi connectivity index (χ3v) is 8.48. The molecule has 2 fully saturated rings. The number of imide groups is 1. The predicted molar refractivity (Wildman–Crippen MR) is 146 cm³/mol. The van der Waals surface area contributed by atoms with Crippen molar-refractivity contribution in [2.75, 3.05) is 32.0 Å². The Kier molecular flexibility index (Phi) is 12.1. The van der Waals surface area contributed by atoms with Crippen molar-refractivity contribution in [3.05, 3.63) is 47.2 Å². The van der Waals surface area contributed by atoms with E-state index in [-0.39, 0.29) is 79.2 Å². The van der Waals surface area contributed by atoms with Gasteiger partial charge in [0, 0.05) is 37.9 Å². The van der Waals surface area contributed by atoms with Crippen LogP contribution >= 0.6 is 11.8 Å². The van der Waals surface area contributed by atoms with Crippen LogP contribution in [0.15, 0.2) is 41.6 Å². The molecule has 0 bridgehead atoms. The maximum absolute atomic E-state index is 13.7. The molecule has 0 spiro atoms. The standard InChI is InChI=1S/C27H29N5O11S.Na/c1-3-30-9-10-31(24(38)23(30)37)27(41)28-18(15-7-5-4-6-8-15)20(35)29-21(43-14(2)34)17-12-44-25-16(11-42-13-33)22(36)32(25)19(17)26(39)40;/h4-8,13,16,18,21,25H,3,9-12H2,1-2H3,(H,28,41)(H,29,35)(H,39,40);/q;+1/p-1/t16-,18?,21?,25-;/m1./s1. The number of likely N-dealkylation sites (N-methyl/N-ethyl adjacent to an activating group) is 1. The molecule has 3 aliphatic heterocycles. The second-order valence-electron chi connectivity index (χ2n) is 9.74. The molecule has 4 atom stereocenters. The monoisotopic (exact) mass is 653 g/mol. The number of nitrogens with one attached hydrogen (secondary N) is 2. The number of carboxylic acid groups (broad SMARTS) is 1. The summed E-state index contributed by atoms with van der Waals surface area (Å²) in [5, 5.41) is 16.4. The van der Waals surface area contributed by atoms with Gasteiger partial charge in [0.05, 0.1) is 17.0 Å². The number of urea groups is 1. The van der Waals surface area contributed by atoms with E-state index in [4.69, 9.17) is 4.74 Å². The number of carbonyl (C=O) groups is 8. The van der Waals surface area contributed by atoms with Crippen LogP contribution in [0, 0.1) is 5.92 Å².